The lowest BCUT2D eigenvalue weighted by molar-refractivity contribution is -0.115. The van der Waals surface area contributed by atoms with E-state index in [-0.39, 0.29) is 29.2 Å². The molecule has 0 bridgehead atoms. The van der Waals surface area contributed by atoms with Crippen molar-refractivity contribution in [1.82, 2.24) is 4.31 Å². The van der Waals surface area contributed by atoms with E-state index in [0.717, 1.165) is 11.4 Å². The molecule has 3 aromatic rings. The average Bonchev–Trinajstić information content (AvgIpc) is 2.90. The summed E-state index contributed by atoms with van der Waals surface area (Å²) in [7, 11) is -3.69. The van der Waals surface area contributed by atoms with Crippen LogP contribution in [0.1, 0.15) is 22.3 Å². The number of benzene rings is 3. The van der Waals surface area contributed by atoms with E-state index in [9.17, 15) is 23.1 Å². The van der Waals surface area contributed by atoms with Crippen molar-refractivity contribution in [3.8, 4) is 0 Å². The van der Waals surface area contributed by atoms with Crippen LogP contribution >= 0.6 is 11.8 Å². The molecule has 2 N–H and O–H groups in total. The van der Waals surface area contributed by atoms with Crippen LogP contribution < -0.4 is 10.2 Å². The number of para-hydroxylation sites is 2. The van der Waals surface area contributed by atoms with Crippen molar-refractivity contribution in [2.75, 3.05) is 42.1 Å². The molecular formula is C27H29N3O5S2. The van der Waals surface area contributed by atoms with Crippen molar-refractivity contribution in [1.29, 1.82) is 0 Å². The zero-order valence-electron chi connectivity index (χ0n) is 20.2. The average molecular weight is 540 g/mol. The van der Waals surface area contributed by atoms with Gasteiger partial charge in [0.25, 0.3) is 0 Å². The van der Waals surface area contributed by atoms with Crippen molar-refractivity contribution in [2.24, 2.45) is 0 Å². The summed E-state index contributed by atoms with van der Waals surface area (Å²) in [6.07, 6.45) is 0.257. The van der Waals surface area contributed by atoms with Gasteiger partial charge < -0.3 is 15.3 Å². The van der Waals surface area contributed by atoms with Crippen LogP contribution in [0.3, 0.4) is 0 Å². The normalized spacial score (nSPS) is 14.3. The van der Waals surface area contributed by atoms with Crippen LogP contribution in [0.25, 0.3) is 0 Å². The number of anilines is 2. The van der Waals surface area contributed by atoms with E-state index in [1.165, 1.54) is 22.1 Å². The highest BCUT2D eigenvalue weighted by Gasteiger charge is 2.28. The van der Waals surface area contributed by atoms with Gasteiger partial charge in [0.2, 0.25) is 15.9 Å². The Kier molecular flexibility index (Phi) is 8.86. The molecule has 4 rings (SSSR count). The zero-order chi connectivity index (χ0) is 26.3. The molecule has 0 radical (unpaired) electrons. The largest absolute Gasteiger partial charge is 0.478 e. The Hall–Kier alpha value is -3.34. The second-order valence-corrected chi connectivity index (χ2v) is 11.8. The second kappa shape index (κ2) is 12.3. The Balaban J connectivity index is 1.34. The Morgan fingerprint density at radius 3 is 2.19 bits per heavy atom. The van der Waals surface area contributed by atoms with Crippen LogP contribution in [0.5, 0.6) is 0 Å². The third-order valence-electron chi connectivity index (χ3n) is 6.06. The monoisotopic (exact) mass is 539 g/mol. The van der Waals surface area contributed by atoms with Gasteiger partial charge in [-0.3, -0.25) is 4.79 Å². The molecule has 1 saturated heterocycles. The van der Waals surface area contributed by atoms with Crippen LogP contribution in [0, 0.1) is 0 Å². The van der Waals surface area contributed by atoms with E-state index >= 15 is 0 Å². The molecule has 8 nitrogen and oxygen atoms in total. The predicted octanol–water partition coefficient (Wildman–Crippen LogP) is 4.16. The van der Waals surface area contributed by atoms with Crippen molar-refractivity contribution in [3.05, 3.63) is 90.0 Å². The van der Waals surface area contributed by atoms with Gasteiger partial charge in [0, 0.05) is 54.6 Å². The minimum Gasteiger partial charge on any atom is -0.478 e. The molecule has 1 aliphatic heterocycles. The van der Waals surface area contributed by atoms with Crippen LogP contribution in [0.15, 0.2) is 83.8 Å². The fraction of sp³-hybridized carbons (Fsp3) is 0.259. The van der Waals surface area contributed by atoms with Gasteiger partial charge in [0.15, 0.2) is 0 Å². The highest BCUT2D eigenvalue weighted by molar-refractivity contribution is 7.99. The number of piperazine rings is 1. The van der Waals surface area contributed by atoms with Gasteiger partial charge in [0.1, 0.15) is 0 Å². The lowest BCUT2D eigenvalue weighted by atomic mass is 10.1. The highest BCUT2D eigenvalue weighted by atomic mass is 32.2. The molecule has 10 heteroatoms. The number of rotatable bonds is 10. The van der Waals surface area contributed by atoms with Crippen molar-refractivity contribution in [2.45, 2.75) is 17.1 Å². The lowest BCUT2D eigenvalue weighted by Crippen LogP contribution is -2.49. The number of nitrogens with one attached hydrogen (secondary N) is 1. The molecule has 1 amide bonds. The molecule has 0 spiro atoms. The Bertz CT molecular complexity index is 1330. The molecular weight excluding hydrogens is 510 g/mol. The first-order valence-corrected chi connectivity index (χ1v) is 14.5. The smallest absolute Gasteiger partial charge is 0.336 e. The first-order valence-electron chi connectivity index (χ1n) is 11.9. The summed E-state index contributed by atoms with van der Waals surface area (Å²) < 4.78 is 27.7. The number of hydrogen-bond donors (Lipinski definition) is 2. The molecule has 1 heterocycles. The van der Waals surface area contributed by atoms with Crippen LogP contribution in [-0.4, -0.2) is 61.6 Å². The quantitative estimate of drug-likeness (QED) is 0.373. The molecule has 37 heavy (non-hydrogen) atoms. The van der Waals surface area contributed by atoms with Gasteiger partial charge in [-0.1, -0.05) is 42.5 Å². The van der Waals surface area contributed by atoms with Gasteiger partial charge in [0.05, 0.1) is 11.3 Å². The van der Waals surface area contributed by atoms with E-state index in [4.69, 9.17) is 0 Å². The second-order valence-electron chi connectivity index (χ2n) is 8.61. The molecule has 0 aliphatic carbocycles. The maximum absolute atomic E-state index is 13.1. The van der Waals surface area contributed by atoms with Crippen LogP contribution in [-0.2, 0) is 20.6 Å². The third-order valence-corrected chi connectivity index (χ3v) is 8.88. The number of carboxylic acids is 1. The Morgan fingerprint density at radius 1 is 0.892 bits per heavy atom. The summed E-state index contributed by atoms with van der Waals surface area (Å²) in [5, 5.41) is 12.6. The van der Waals surface area contributed by atoms with E-state index in [2.05, 4.69) is 10.2 Å². The summed E-state index contributed by atoms with van der Waals surface area (Å²) >= 11 is 1.35. The van der Waals surface area contributed by atoms with Crippen molar-refractivity contribution in [3.63, 3.8) is 0 Å². The van der Waals surface area contributed by atoms with Gasteiger partial charge in [-0.25, -0.2) is 13.2 Å². The maximum Gasteiger partial charge on any atom is 0.336 e. The van der Waals surface area contributed by atoms with Crippen LogP contribution in [0.2, 0.25) is 0 Å². The fourth-order valence-corrected chi connectivity index (χ4v) is 6.56. The predicted molar refractivity (Wildman–Crippen MR) is 147 cm³/mol. The number of carbonyl (C=O) groups is 2. The van der Waals surface area contributed by atoms with Crippen molar-refractivity contribution < 1.29 is 23.1 Å². The molecule has 0 unspecified atom stereocenters. The van der Waals surface area contributed by atoms with E-state index in [1.54, 1.807) is 24.3 Å². The van der Waals surface area contributed by atoms with Crippen molar-refractivity contribution >= 4 is 45.0 Å². The molecule has 0 saturated carbocycles. The maximum atomic E-state index is 13.1. The lowest BCUT2D eigenvalue weighted by Gasteiger charge is -2.35. The highest BCUT2D eigenvalue weighted by Crippen LogP contribution is 2.25. The van der Waals surface area contributed by atoms with Gasteiger partial charge in [-0.2, -0.15) is 4.31 Å². The minimum absolute atomic E-state index is 0.0368. The third kappa shape index (κ3) is 7.34. The first kappa shape index (κ1) is 26.7. The SMILES string of the molecule is O=C(CCSc1ccc(CS(=O)(=O)N2CCN(c3ccccc3)CC2)c(C(=O)O)c1)Nc1ccccc1. The summed E-state index contributed by atoms with van der Waals surface area (Å²) in [4.78, 5) is 26.9. The number of sulfonamides is 1. The van der Waals surface area contributed by atoms with Gasteiger partial charge >= 0.3 is 5.97 Å². The number of nitrogens with zero attached hydrogens (tertiary/aromatic N) is 2. The molecule has 3 aromatic carbocycles. The van der Waals surface area contributed by atoms with Crippen LogP contribution in [0.4, 0.5) is 11.4 Å². The summed E-state index contributed by atoms with van der Waals surface area (Å²) in [6.45, 7) is 1.84. The molecule has 0 aromatic heterocycles. The number of carbonyl (C=O) groups excluding carboxylic acids is 1. The number of hydrogen-bond acceptors (Lipinski definition) is 6. The number of thioether (sulfide) groups is 1. The van der Waals surface area contributed by atoms with Gasteiger partial charge in [-0.05, 0) is 42.0 Å². The Labute approximate surface area is 221 Å². The first-order chi connectivity index (χ1) is 17.8. The zero-order valence-corrected chi connectivity index (χ0v) is 21.9. The summed E-state index contributed by atoms with van der Waals surface area (Å²) in [5.74, 6) is -1.22. The minimum atomic E-state index is -3.69. The molecule has 0 atom stereocenters. The summed E-state index contributed by atoms with van der Waals surface area (Å²) in [5.41, 5.74) is 1.99. The molecule has 194 valence electrons. The number of aromatic carboxylic acids is 1. The summed E-state index contributed by atoms with van der Waals surface area (Å²) in [6, 6.07) is 23.8. The standard InChI is InChI=1S/C27H29N3O5S2/c31-26(28-22-7-3-1-4-8-22)13-18-36-24-12-11-21(25(19-24)27(32)33)20-37(34,35)30-16-14-29(15-17-30)23-9-5-2-6-10-23/h1-12,19H,13-18,20H2,(H,28,31)(H,32,33). The van der Waals surface area contributed by atoms with E-state index in [0.29, 0.717) is 36.8 Å². The van der Waals surface area contributed by atoms with E-state index in [1.807, 2.05) is 48.5 Å². The number of carboxylic acid groups (broad SMARTS) is 1. The Morgan fingerprint density at radius 2 is 1.54 bits per heavy atom. The molecule has 1 aliphatic rings. The molecule has 1 fully saturated rings. The topological polar surface area (TPSA) is 107 Å². The van der Waals surface area contributed by atoms with E-state index < -0.39 is 16.0 Å². The number of amides is 1. The fourth-order valence-electron chi connectivity index (χ4n) is 4.13. The van der Waals surface area contributed by atoms with Gasteiger partial charge in [-0.15, -0.1) is 11.8 Å².